The molecule has 0 atom stereocenters. The van der Waals surface area contributed by atoms with Gasteiger partial charge >= 0.3 is 5.97 Å². The lowest BCUT2D eigenvalue weighted by Gasteiger charge is -2.09. The van der Waals surface area contributed by atoms with E-state index >= 15 is 0 Å². The largest absolute Gasteiger partial charge is 0.478 e. The summed E-state index contributed by atoms with van der Waals surface area (Å²) in [6.45, 7) is 0. The summed E-state index contributed by atoms with van der Waals surface area (Å²) in [7, 11) is 1.65. The average molecular weight is 289 g/mol. The number of non-ortho nitro benzene ring substituents is 1. The highest BCUT2D eigenvalue weighted by atomic mass is 16.6. The molecule has 1 heterocycles. The Morgan fingerprint density at radius 1 is 1.33 bits per heavy atom. The maximum atomic E-state index is 12.1. The summed E-state index contributed by atoms with van der Waals surface area (Å²) in [6.07, 6.45) is 1.65. The number of aromatic nitrogens is 1. The molecular weight excluding hydrogens is 278 g/mol. The van der Waals surface area contributed by atoms with Gasteiger partial charge < -0.3 is 15.0 Å². The summed E-state index contributed by atoms with van der Waals surface area (Å²) in [4.78, 5) is 33.3. The Morgan fingerprint density at radius 2 is 2.05 bits per heavy atom. The Hall–Kier alpha value is -3.16. The number of hydrogen-bond donors (Lipinski definition) is 2. The zero-order valence-corrected chi connectivity index (χ0v) is 10.9. The van der Waals surface area contributed by atoms with Crippen LogP contribution < -0.4 is 5.32 Å². The zero-order valence-electron chi connectivity index (χ0n) is 10.9. The van der Waals surface area contributed by atoms with Crippen LogP contribution in [-0.2, 0) is 7.05 Å². The van der Waals surface area contributed by atoms with E-state index in [1.807, 2.05) is 0 Å². The number of benzene rings is 1. The first kappa shape index (κ1) is 14.3. The van der Waals surface area contributed by atoms with Crippen molar-refractivity contribution < 1.29 is 19.6 Å². The predicted molar refractivity (Wildman–Crippen MR) is 73.4 cm³/mol. The first-order valence-electron chi connectivity index (χ1n) is 5.84. The molecule has 8 heteroatoms. The Bertz CT molecular complexity index is 735. The van der Waals surface area contributed by atoms with Crippen molar-refractivity contribution in [2.24, 2.45) is 7.05 Å². The van der Waals surface area contributed by atoms with Crippen molar-refractivity contribution in [2.45, 2.75) is 0 Å². The van der Waals surface area contributed by atoms with Crippen LogP contribution >= 0.6 is 0 Å². The van der Waals surface area contributed by atoms with Crippen LogP contribution in [0.5, 0.6) is 0 Å². The van der Waals surface area contributed by atoms with Crippen molar-refractivity contribution in [1.29, 1.82) is 0 Å². The number of nitro groups is 1. The Morgan fingerprint density at radius 3 is 2.57 bits per heavy atom. The quantitative estimate of drug-likeness (QED) is 0.658. The molecule has 8 nitrogen and oxygen atoms in total. The molecule has 0 aliphatic rings. The van der Waals surface area contributed by atoms with Crippen molar-refractivity contribution in [3.8, 4) is 0 Å². The second kappa shape index (κ2) is 5.45. The van der Waals surface area contributed by atoms with E-state index in [9.17, 15) is 19.7 Å². The predicted octanol–water partition coefficient (Wildman–Crippen LogP) is 1.88. The summed E-state index contributed by atoms with van der Waals surface area (Å²) >= 11 is 0. The lowest BCUT2D eigenvalue weighted by atomic mass is 10.1. The summed E-state index contributed by atoms with van der Waals surface area (Å²) in [6, 6.07) is 6.38. The number of hydrogen-bond acceptors (Lipinski definition) is 4. The zero-order chi connectivity index (χ0) is 15.6. The summed E-state index contributed by atoms with van der Waals surface area (Å²) in [5.74, 6) is -1.84. The van der Waals surface area contributed by atoms with E-state index in [4.69, 9.17) is 5.11 Å². The highest BCUT2D eigenvalue weighted by Crippen LogP contribution is 2.23. The van der Waals surface area contributed by atoms with E-state index < -0.39 is 16.8 Å². The molecule has 2 N–H and O–H groups in total. The minimum Gasteiger partial charge on any atom is -0.478 e. The third-order valence-electron chi connectivity index (χ3n) is 2.87. The van der Waals surface area contributed by atoms with Gasteiger partial charge in [0.2, 0.25) is 0 Å². The number of nitrogens with one attached hydrogen (secondary N) is 1. The van der Waals surface area contributed by atoms with Crippen LogP contribution in [0.3, 0.4) is 0 Å². The lowest BCUT2D eigenvalue weighted by Crippen LogP contribution is -2.17. The number of nitro benzene ring substituents is 1. The van der Waals surface area contributed by atoms with Gasteiger partial charge in [-0.2, -0.15) is 0 Å². The van der Waals surface area contributed by atoms with E-state index in [2.05, 4.69) is 5.32 Å². The van der Waals surface area contributed by atoms with Crippen LogP contribution in [0.15, 0.2) is 36.5 Å². The number of aromatic carboxylic acids is 1. The van der Waals surface area contributed by atoms with Gasteiger partial charge in [-0.05, 0) is 18.2 Å². The summed E-state index contributed by atoms with van der Waals surface area (Å²) in [5.41, 5.74) is -0.342. The fourth-order valence-corrected chi connectivity index (χ4v) is 1.82. The number of carboxylic acids is 1. The van der Waals surface area contributed by atoms with Crippen LogP contribution in [0.1, 0.15) is 20.8 Å². The minimum atomic E-state index is -1.29. The Labute approximate surface area is 118 Å². The molecule has 2 aromatic rings. The third kappa shape index (κ3) is 2.89. The maximum absolute atomic E-state index is 12.1. The van der Waals surface area contributed by atoms with Gasteiger partial charge in [-0.25, -0.2) is 4.79 Å². The second-order valence-corrected chi connectivity index (χ2v) is 4.25. The Balaban J connectivity index is 2.39. The van der Waals surface area contributed by atoms with E-state index in [-0.39, 0.29) is 16.9 Å². The first-order chi connectivity index (χ1) is 9.90. The SMILES string of the molecule is Cn1cccc1C(=O)Nc1cc([N+](=O)[O-])ccc1C(=O)O. The lowest BCUT2D eigenvalue weighted by molar-refractivity contribution is -0.384. The summed E-state index contributed by atoms with van der Waals surface area (Å²) in [5, 5.41) is 22.2. The van der Waals surface area contributed by atoms with Gasteiger partial charge in [0.1, 0.15) is 5.69 Å². The number of nitrogens with zero attached hydrogens (tertiary/aromatic N) is 2. The number of carbonyl (C=O) groups excluding carboxylic acids is 1. The molecule has 1 amide bonds. The molecule has 1 aromatic heterocycles. The van der Waals surface area contributed by atoms with Crippen molar-refractivity contribution in [2.75, 3.05) is 5.32 Å². The number of anilines is 1. The van der Waals surface area contributed by atoms with Gasteiger partial charge in [0.15, 0.2) is 0 Å². The highest BCUT2D eigenvalue weighted by molar-refractivity contribution is 6.07. The molecule has 108 valence electrons. The second-order valence-electron chi connectivity index (χ2n) is 4.25. The van der Waals surface area contributed by atoms with Crippen molar-refractivity contribution in [1.82, 2.24) is 4.57 Å². The standard InChI is InChI=1S/C13H11N3O5/c1-15-6-2-3-11(15)12(17)14-10-7-8(16(20)21)4-5-9(10)13(18)19/h2-7H,1H3,(H,14,17)(H,18,19). The van der Waals surface area contributed by atoms with Crippen molar-refractivity contribution in [3.63, 3.8) is 0 Å². The first-order valence-corrected chi connectivity index (χ1v) is 5.84. The van der Waals surface area contributed by atoms with E-state index in [1.165, 1.54) is 0 Å². The molecule has 0 radical (unpaired) electrons. The van der Waals surface area contributed by atoms with Gasteiger partial charge in [0, 0.05) is 25.4 Å². The van der Waals surface area contributed by atoms with Gasteiger partial charge in [-0.15, -0.1) is 0 Å². The number of aryl methyl sites for hydroxylation is 1. The van der Waals surface area contributed by atoms with Gasteiger partial charge in [0.05, 0.1) is 16.2 Å². The third-order valence-corrected chi connectivity index (χ3v) is 2.87. The molecule has 0 spiro atoms. The molecule has 0 bridgehead atoms. The van der Waals surface area contributed by atoms with E-state index in [0.717, 1.165) is 18.2 Å². The molecule has 1 aromatic carbocycles. The van der Waals surface area contributed by atoms with Gasteiger partial charge in [-0.1, -0.05) is 0 Å². The van der Waals surface area contributed by atoms with Gasteiger partial charge in [0.25, 0.3) is 11.6 Å². The van der Waals surface area contributed by atoms with Crippen LogP contribution in [-0.4, -0.2) is 26.5 Å². The van der Waals surface area contributed by atoms with E-state index in [0.29, 0.717) is 5.69 Å². The average Bonchev–Trinajstić information content (AvgIpc) is 2.84. The van der Waals surface area contributed by atoms with Crippen LogP contribution in [0.25, 0.3) is 0 Å². The molecule has 0 aliphatic carbocycles. The van der Waals surface area contributed by atoms with Crippen molar-refractivity contribution in [3.05, 3.63) is 57.9 Å². The monoisotopic (exact) mass is 289 g/mol. The van der Waals surface area contributed by atoms with Crippen LogP contribution in [0.2, 0.25) is 0 Å². The molecule has 0 unspecified atom stereocenters. The molecule has 0 aliphatic heterocycles. The van der Waals surface area contributed by atoms with Gasteiger partial charge in [-0.3, -0.25) is 14.9 Å². The number of rotatable bonds is 4. The van der Waals surface area contributed by atoms with Crippen LogP contribution in [0.4, 0.5) is 11.4 Å². The smallest absolute Gasteiger partial charge is 0.337 e. The fraction of sp³-hybridized carbons (Fsp3) is 0.0769. The Kier molecular flexibility index (Phi) is 3.70. The molecule has 21 heavy (non-hydrogen) atoms. The maximum Gasteiger partial charge on any atom is 0.337 e. The molecule has 2 rings (SSSR count). The molecule has 0 saturated heterocycles. The number of carbonyl (C=O) groups is 2. The minimum absolute atomic E-state index is 0.122. The number of amides is 1. The molecular formula is C13H11N3O5. The van der Waals surface area contributed by atoms with Crippen molar-refractivity contribution >= 4 is 23.3 Å². The molecule has 0 fully saturated rings. The van der Waals surface area contributed by atoms with Crippen LogP contribution in [0, 0.1) is 10.1 Å². The van der Waals surface area contributed by atoms with E-state index in [1.54, 1.807) is 29.9 Å². The normalized spacial score (nSPS) is 10.1. The molecule has 0 saturated carbocycles. The highest BCUT2D eigenvalue weighted by Gasteiger charge is 2.18. The summed E-state index contributed by atoms with van der Waals surface area (Å²) < 4.78 is 1.55. The fourth-order valence-electron chi connectivity index (χ4n) is 1.82. The topological polar surface area (TPSA) is 114 Å². The number of carboxylic acid groups (broad SMARTS) is 1.